The van der Waals surface area contributed by atoms with Crippen molar-refractivity contribution in [3.05, 3.63) is 11.9 Å². The fraction of sp³-hybridized carbons (Fsp3) is 0.667. The van der Waals surface area contributed by atoms with Crippen LogP contribution in [-0.4, -0.2) is 36.8 Å². The second-order valence-corrected chi connectivity index (χ2v) is 6.18. The minimum Gasteiger partial charge on any atom is -0.493 e. The van der Waals surface area contributed by atoms with E-state index in [4.69, 9.17) is 10.5 Å². The van der Waals surface area contributed by atoms with Crippen LogP contribution in [-0.2, 0) is 16.9 Å². The fourth-order valence-corrected chi connectivity index (χ4v) is 2.11. The first kappa shape index (κ1) is 13.0. The first-order valence-corrected chi connectivity index (χ1v) is 6.74. The molecule has 0 radical (unpaired) electrons. The summed E-state index contributed by atoms with van der Waals surface area (Å²) in [5.74, 6) is 0.505. The standard InChI is InChI=1S/C9H17N3O3S/c1-6(16(4,13)14)8(10)9-7(15-3)5-11-12(9)2/h5-6,8H,10H2,1-4H3. The molecule has 6 nitrogen and oxygen atoms in total. The molecule has 2 atom stereocenters. The Morgan fingerprint density at radius 3 is 2.56 bits per heavy atom. The van der Waals surface area contributed by atoms with E-state index in [0.717, 1.165) is 0 Å². The van der Waals surface area contributed by atoms with Crippen molar-refractivity contribution in [3.8, 4) is 5.75 Å². The van der Waals surface area contributed by atoms with Crippen LogP contribution in [0.2, 0.25) is 0 Å². The molecule has 0 bridgehead atoms. The zero-order valence-corrected chi connectivity index (χ0v) is 10.7. The lowest BCUT2D eigenvalue weighted by Gasteiger charge is -2.19. The smallest absolute Gasteiger partial charge is 0.161 e. The van der Waals surface area contributed by atoms with Crippen molar-refractivity contribution in [3.63, 3.8) is 0 Å². The van der Waals surface area contributed by atoms with E-state index in [9.17, 15) is 8.42 Å². The molecule has 16 heavy (non-hydrogen) atoms. The van der Waals surface area contributed by atoms with Crippen LogP contribution >= 0.6 is 0 Å². The molecule has 1 rings (SSSR count). The number of aryl methyl sites for hydroxylation is 1. The van der Waals surface area contributed by atoms with Crippen molar-refractivity contribution in [1.29, 1.82) is 0 Å². The molecule has 0 amide bonds. The van der Waals surface area contributed by atoms with Gasteiger partial charge in [0.25, 0.3) is 0 Å². The van der Waals surface area contributed by atoms with E-state index >= 15 is 0 Å². The average Bonchev–Trinajstić information content (AvgIpc) is 2.56. The molecule has 0 saturated heterocycles. The fourth-order valence-electron chi connectivity index (χ4n) is 1.45. The normalized spacial score (nSPS) is 15.8. The van der Waals surface area contributed by atoms with Gasteiger partial charge >= 0.3 is 0 Å². The molecular weight excluding hydrogens is 230 g/mol. The molecule has 0 aliphatic heterocycles. The number of nitrogens with two attached hydrogens (primary N) is 1. The second-order valence-electron chi connectivity index (χ2n) is 3.78. The number of sulfone groups is 1. The third-order valence-corrected chi connectivity index (χ3v) is 4.31. The summed E-state index contributed by atoms with van der Waals surface area (Å²) in [6.07, 6.45) is 2.69. The molecule has 0 fully saturated rings. The minimum absolute atomic E-state index is 0.505. The van der Waals surface area contributed by atoms with Crippen molar-refractivity contribution in [2.75, 3.05) is 13.4 Å². The van der Waals surface area contributed by atoms with Gasteiger partial charge in [0.05, 0.1) is 30.3 Å². The molecule has 92 valence electrons. The quantitative estimate of drug-likeness (QED) is 0.800. The van der Waals surface area contributed by atoms with Crippen LogP contribution in [0.5, 0.6) is 5.75 Å². The van der Waals surface area contributed by atoms with E-state index in [0.29, 0.717) is 11.4 Å². The number of nitrogens with zero attached hydrogens (tertiary/aromatic N) is 2. The summed E-state index contributed by atoms with van der Waals surface area (Å²) in [5, 5.41) is 3.31. The highest BCUT2D eigenvalue weighted by atomic mass is 32.2. The Kier molecular flexibility index (Phi) is 3.59. The Balaban J connectivity index is 3.14. The van der Waals surface area contributed by atoms with E-state index < -0.39 is 21.1 Å². The first-order chi connectivity index (χ1) is 7.29. The Hall–Kier alpha value is -1.08. The van der Waals surface area contributed by atoms with Gasteiger partial charge in [-0.05, 0) is 6.92 Å². The van der Waals surface area contributed by atoms with E-state index in [2.05, 4.69) is 5.10 Å². The van der Waals surface area contributed by atoms with Crippen molar-refractivity contribution in [1.82, 2.24) is 9.78 Å². The third kappa shape index (κ3) is 2.35. The highest BCUT2D eigenvalue weighted by Crippen LogP contribution is 2.27. The van der Waals surface area contributed by atoms with E-state index in [1.54, 1.807) is 14.0 Å². The topological polar surface area (TPSA) is 87.2 Å². The van der Waals surface area contributed by atoms with Crippen molar-refractivity contribution < 1.29 is 13.2 Å². The maximum atomic E-state index is 11.4. The molecule has 0 spiro atoms. The van der Waals surface area contributed by atoms with E-state index in [-0.39, 0.29) is 0 Å². The van der Waals surface area contributed by atoms with Crippen LogP contribution in [0.15, 0.2) is 6.20 Å². The summed E-state index contributed by atoms with van der Waals surface area (Å²) in [4.78, 5) is 0. The van der Waals surface area contributed by atoms with Crippen LogP contribution in [0.1, 0.15) is 18.7 Å². The molecule has 2 N–H and O–H groups in total. The first-order valence-electron chi connectivity index (χ1n) is 4.79. The van der Waals surface area contributed by atoms with Gasteiger partial charge in [-0.1, -0.05) is 0 Å². The summed E-state index contributed by atoms with van der Waals surface area (Å²) in [5.41, 5.74) is 6.51. The third-order valence-electron chi connectivity index (χ3n) is 2.67. The van der Waals surface area contributed by atoms with E-state index in [1.807, 2.05) is 0 Å². The number of hydrogen-bond acceptors (Lipinski definition) is 5. The van der Waals surface area contributed by atoms with Crippen LogP contribution in [0.3, 0.4) is 0 Å². The number of methoxy groups -OCH3 is 1. The molecule has 0 aromatic carbocycles. The Bertz CT molecular complexity index is 466. The Labute approximate surface area is 95.3 Å². The van der Waals surface area contributed by atoms with Crippen LogP contribution in [0, 0.1) is 0 Å². The average molecular weight is 247 g/mol. The summed E-state index contributed by atoms with van der Waals surface area (Å²) < 4.78 is 29.5. The van der Waals surface area contributed by atoms with Gasteiger partial charge < -0.3 is 10.5 Å². The van der Waals surface area contributed by atoms with Gasteiger partial charge in [-0.3, -0.25) is 4.68 Å². The monoisotopic (exact) mass is 247 g/mol. The summed E-state index contributed by atoms with van der Waals surface area (Å²) in [6, 6.07) is -0.655. The van der Waals surface area contributed by atoms with Crippen molar-refractivity contribution in [2.24, 2.45) is 12.8 Å². The van der Waals surface area contributed by atoms with Gasteiger partial charge in [-0.2, -0.15) is 5.10 Å². The molecule has 2 unspecified atom stereocenters. The zero-order valence-electron chi connectivity index (χ0n) is 9.84. The van der Waals surface area contributed by atoms with Gasteiger partial charge in [-0.15, -0.1) is 0 Å². The maximum absolute atomic E-state index is 11.4. The predicted molar refractivity (Wildman–Crippen MR) is 61.0 cm³/mol. The van der Waals surface area contributed by atoms with Gasteiger partial charge in [0.15, 0.2) is 15.6 Å². The lowest BCUT2D eigenvalue weighted by Crippen LogP contribution is -2.32. The lowest BCUT2D eigenvalue weighted by atomic mass is 10.1. The molecule has 0 saturated carbocycles. The highest BCUT2D eigenvalue weighted by molar-refractivity contribution is 7.91. The number of rotatable bonds is 4. The van der Waals surface area contributed by atoms with Gasteiger partial charge in [-0.25, -0.2) is 8.42 Å². The van der Waals surface area contributed by atoms with Crippen molar-refractivity contribution in [2.45, 2.75) is 18.2 Å². The van der Waals surface area contributed by atoms with Crippen LogP contribution < -0.4 is 10.5 Å². The molecule has 1 heterocycles. The Morgan fingerprint density at radius 2 is 2.12 bits per heavy atom. The van der Waals surface area contributed by atoms with E-state index in [1.165, 1.54) is 24.2 Å². The van der Waals surface area contributed by atoms with Crippen LogP contribution in [0.25, 0.3) is 0 Å². The number of ether oxygens (including phenoxy) is 1. The summed E-state index contributed by atoms with van der Waals surface area (Å²) in [6.45, 7) is 1.58. The Morgan fingerprint density at radius 1 is 1.56 bits per heavy atom. The minimum atomic E-state index is -3.19. The molecule has 1 aromatic rings. The molecule has 0 aliphatic rings. The van der Waals surface area contributed by atoms with Crippen LogP contribution in [0.4, 0.5) is 0 Å². The molecule has 7 heteroatoms. The van der Waals surface area contributed by atoms with Gasteiger partial charge in [0.1, 0.15) is 0 Å². The van der Waals surface area contributed by atoms with Crippen molar-refractivity contribution >= 4 is 9.84 Å². The predicted octanol–water partition coefficient (Wildman–Crippen LogP) is -0.138. The number of hydrogen-bond donors (Lipinski definition) is 1. The lowest BCUT2D eigenvalue weighted by molar-refractivity contribution is 0.402. The summed E-state index contributed by atoms with van der Waals surface area (Å²) >= 11 is 0. The second kappa shape index (κ2) is 4.42. The van der Waals surface area contributed by atoms with Gasteiger partial charge in [0, 0.05) is 13.3 Å². The SMILES string of the molecule is COc1cnn(C)c1C(N)C(C)S(C)(=O)=O. The number of aromatic nitrogens is 2. The maximum Gasteiger partial charge on any atom is 0.161 e. The van der Waals surface area contributed by atoms with Gasteiger partial charge in [0.2, 0.25) is 0 Å². The summed E-state index contributed by atoms with van der Waals surface area (Å²) in [7, 11) is 0.00796. The molecule has 1 aromatic heterocycles. The largest absolute Gasteiger partial charge is 0.493 e. The molecular formula is C9H17N3O3S. The highest BCUT2D eigenvalue weighted by Gasteiger charge is 2.28. The zero-order chi connectivity index (χ0) is 12.5. The molecule has 0 aliphatic carbocycles.